The summed E-state index contributed by atoms with van der Waals surface area (Å²) in [4.78, 5) is 19.9. The summed E-state index contributed by atoms with van der Waals surface area (Å²) in [6.07, 6.45) is 1.83. The van der Waals surface area contributed by atoms with E-state index in [0.29, 0.717) is 19.0 Å². The number of thiazole rings is 1. The monoisotopic (exact) mass is 319 g/mol. The minimum absolute atomic E-state index is 0.0838. The Hall–Kier alpha value is -2.48. The van der Waals surface area contributed by atoms with E-state index in [4.69, 9.17) is 0 Å². The van der Waals surface area contributed by atoms with Crippen LogP contribution >= 0.6 is 11.3 Å². The Labute approximate surface area is 132 Å². The molecular weight excluding hydrogens is 302 g/mol. The topological polar surface area (TPSA) is 92.5 Å². The number of guanidine groups is 1. The smallest absolute Gasteiger partial charge is 0.269 e. The van der Waals surface area contributed by atoms with Crippen LogP contribution in [0.2, 0.25) is 0 Å². The average Bonchev–Trinajstić information content (AvgIpc) is 2.93. The Morgan fingerprint density at radius 3 is 2.82 bits per heavy atom. The molecule has 7 nitrogen and oxygen atoms in total. The number of non-ortho nitro benzene ring substituents is 1. The first-order chi connectivity index (χ1) is 10.6. The van der Waals surface area contributed by atoms with Crippen LogP contribution in [-0.2, 0) is 13.1 Å². The Morgan fingerprint density at radius 2 is 2.18 bits per heavy atom. The number of nitro groups is 1. The summed E-state index contributed by atoms with van der Waals surface area (Å²) in [6, 6.07) is 6.52. The van der Waals surface area contributed by atoms with Gasteiger partial charge >= 0.3 is 0 Å². The van der Waals surface area contributed by atoms with Crippen LogP contribution in [0.25, 0.3) is 0 Å². The van der Waals surface area contributed by atoms with Gasteiger partial charge in [0.1, 0.15) is 5.01 Å². The second-order valence-corrected chi connectivity index (χ2v) is 5.89. The summed E-state index contributed by atoms with van der Waals surface area (Å²) in [5, 5.41) is 18.0. The molecule has 0 aliphatic carbocycles. The molecule has 2 rings (SSSR count). The highest BCUT2D eigenvalue weighted by Gasteiger charge is 2.06. The van der Waals surface area contributed by atoms with E-state index in [1.165, 1.54) is 6.07 Å². The SMILES string of the molecule is CN=C(NCc1cccc([N+](=O)[O-])c1)NCc1ncc(C)s1. The number of nitrogens with one attached hydrogen (secondary N) is 2. The average molecular weight is 319 g/mol. The van der Waals surface area contributed by atoms with Crippen molar-refractivity contribution in [2.45, 2.75) is 20.0 Å². The van der Waals surface area contributed by atoms with Crippen molar-refractivity contribution in [1.82, 2.24) is 15.6 Å². The number of hydrogen-bond acceptors (Lipinski definition) is 5. The molecule has 116 valence electrons. The first-order valence-corrected chi connectivity index (χ1v) is 7.49. The van der Waals surface area contributed by atoms with Gasteiger partial charge in [-0.15, -0.1) is 11.3 Å². The van der Waals surface area contributed by atoms with E-state index in [2.05, 4.69) is 20.6 Å². The van der Waals surface area contributed by atoms with E-state index in [1.807, 2.05) is 19.2 Å². The lowest BCUT2D eigenvalue weighted by Crippen LogP contribution is -2.36. The Balaban J connectivity index is 1.88. The third kappa shape index (κ3) is 4.52. The molecule has 0 spiro atoms. The van der Waals surface area contributed by atoms with E-state index >= 15 is 0 Å². The quantitative estimate of drug-likeness (QED) is 0.381. The van der Waals surface area contributed by atoms with Gasteiger partial charge in [-0.3, -0.25) is 15.1 Å². The number of hydrogen-bond donors (Lipinski definition) is 2. The molecule has 1 aromatic heterocycles. The van der Waals surface area contributed by atoms with Gasteiger partial charge in [-0.05, 0) is 12.5 Å². The molecule has 22 heavy (non-hydrogen) atoms. The maximum absolute atomic E-state index is 10.8. The molecule has 0 aliphatic heterocycles. The van der Waals surface area contributed by atoms with Crippen LogP contribution in [0.3, 0.4) is 0 Å². The van der Waals surface area contributed by atoms with Gasteiger partial charge in [-0.2, -0.15) is 0 Å². The van der Waals surface area contributed by atoms with Crippen molar-refractivity contribution in [2.24, 2.45) is 4.99 Å². The van der Waals surface area contributed by atoms with E-state index in [9.17, 15) is 10.1 Å². The molecular formula is C14H17N5O2S. The molecule has 2 N–H and O–H groups in total. The largest absolute Gasteiger partial charge is 0.352 e. The van der Waals surface area contributed by atoms with Crippen molar-refractivity contribution in [1.29, 1.82) is 0 Å². The molecule has 0 radical (unpaired) electrons. The second kappa shape index (κ2) is 7.51. The first kappa shape index (κ1) is 15.9. The van der Waals surface area contributed by atoms with Crippen LogP contribution in [0.4, 0.5) is 5.69 Å². The number of aliphatic imine (C=N–C) groups is 1. The summed E-state index contributed by atoms with van der Waals surface area (Å²) in [5.74, 6) is 0.624. The Bertz CT molecular complexity index is 683. The molecule has 8 heteroatoms. The van der Waals surface area contributed by atoms with E-state index in [0.717, 1.165) is 15.4 Å². The minimum atomic E-state index is -0.401. The number of aryl methyl sites for hydroxylation is 1. The zero-order valence-electron chi connectivity index (χ0n) is 12.4. The highest BCUT2D eigenvalue weighted by molar-refractivity contribution is 7.11. The summed E-state index contributed by atoms with van der Waals surface area (Å²) in [5.41, 5.74) is 0.905. The number of nitrogens with zero attached hydrogens (tertiary/aromatic N) is 3. The Morgan fingerprint density at radius 1 is 1.41 bits per heavy atom. The highest BCUT2D eigenvalue weighted by Crippen LogP contribution is 2.13. The third-order valence-corrected chi connectivity index (χ3v) is 3.79. The second-order valence-electron chi connectivity index (χ2n) is 4.57. The van der Waals surface area contributed by atoms with Gasteiger partial charge < -0.3 is 10.6 Å². The fourth-order valence-corrected chi connectivity index (χ4v) is 2.56. The third-order valence-electron chi connectivity index (χ3n) is 2.88. The summed E-state index contributed by atoms with van der Waals surface area (Å²) >= 11 is 1.63. The van der Waals surface area contributed by atoms with Gasteiger partial charge in [-0.25, -0.2) is 4.98 Å². The van der Waals surface area contributed by atoms with Gasteiger partial charge in [0, 0.05) is 36.8 Å². The number of nitro benzene ring substituents is 1. The van der Waals surface area contributed by atoms with Crippen molar-refractivity contribution >= 4 is 23.0 Å². The highest BCUT2D eigenvalue weighted by atomic mass is 32.1. The van der Waals surface area contributed by atoms with E-state index in [-0.39, 0.29) is 5.69 Å². The van der Waals surface area contributed by atoms with Crippen molar-refractivity contribution in [2.75, 3.05) is 7.05 Å². The van der Waals surface area contributed by atoms with Crippen LogP contribution in [0.1, 0.15) is 15.4 Å². The predicted octanol–water partition coefficient (Wildman–Crippen LogP) is 2.22. The van der Waals surface area contributed by atoms with Gasteiger partial charge in [0.15, 0.2) is 5.96 Å². The fraction of sp³-hybridized carbons (Fsp3) is 0.286. The zero-order valence-corrected chi connectivity index (χ0v) is 13.2. The maximum atomic E-state index is 10.8. The van der Waals surface area contributed by atoms with Crippen LogP contribution < -0.4 is 10.6 Å². The molecule has 0 aliphatic rings. The van der Waals surface area contributed by atoms with Crippen LogP contribution in [0.5, 0.6) is 0 Å². The van der Waals surface area contributed by atoms with E-state index in [1.54, 1.807) is 30.5 Å². The molecule has 0 fully saturated rings. The molecule has 0 unspecified atom stereocenters. The fourth-order valence-electron chi connectivity index (χ4n) is 1.83. The van der Waals surface area contributed by atoms with Crippen LogP contribution in [0, 0.1) is 17.0 Å². The standard InChI is InChI=1S/C14H17N5O2S/c1-10-7-16-13(22-10)9-18-14(15-2)17-8-11-4-3-5-12(6-11)19(20)21/h3-7H,8-9H2,1-2H3,(H2,15,17,18). The van der Waals surface area contributed by atoms with Crippen molar-refractivity contribution in [3.05, 3.63) is 56.0 Å². The number of rotatable bonds is 5. The summed E-state index contributed by atoms with van der Waals surface area (Å²) in [7, 11) is 1.68. The molecule has 0 amide bonds. The summed E-state index contributed by atoms with van der Waals surface area (Å²) in [6.45, 7) is 3.06. The zero-order chi connectivity index (χ0) is 15.9. The number of benzene rings is 1. The summed E-state index contributed by atoms with van der Waals surface area (Å²) < 4.78 is 0. The molecule has 1 aromatic carbocycles. The minimum Gasteiger partial charge on any atom is -0.352 e. The lowest BCUT2D eigenvalue weighted by Gasteiger charge is -2.10. The normalized spacial score (nSPS) is 11.3. The maximum Gasteiger partial charge on any atom is 0.269 e. The molecule has 0 bridgehead atoms. The lowest BCUT2D eigenvalue weighted by molar-refractivity contribution is -0.384. The number of aromatic nitrogens is 1. The molecule has 0 saturated heterocycles. The van der Waals surface area contributed by atoms with Gasteiger partial charge in [0.25, 0.3) is 5.69 Å². The van der Waals surface area contributed by atoms with Crippen molar-refractivity contribution in [3.8, 4) is 0 Å². The first-order valence-electron chi connectivity index (χ1n) is 6.67. The van der Waals surface area contributed by atoms with Crippen molar-refractivity contribution < 1.29 is 4.92 Å². The van der Waals surface area contributed by atoms with Gasteiger partial charge in [0.05, 0.1) is 11.5 Å². The van der Waals surface area contributed by atoms with Gasteiger partial charge in [0.2, 0.25) is 0 Å². The van der Waals surface area contributed by atoms with E-state index < -0.39 is 4.92 Å². The van der Waals surface area contributed by atoms with Crippen LogP contribution in [-0.4, -0.2) is 22.9 Å². The molecule has 0 saturated carbocycles. The molecule has 0 atom stereocenters. The van der Waals surface area contributed by atoms with Gasteiger partial charge in [-0.1, -0.05) is 12.1 Å². The molecule has 1 heterocycles. The molecule has 2 aromatic rings. The Kier molecular flexibility index (Phi) is 5.42. The van der Waals surface area contributed by atoms with Crippen molar-refractivity contribution in [3.63, 3.8) is 0 Å². The predicted molar refractivity (Wildman–Crippen MR) is 87.0 cm³/mol. The van der Waals surface area contributed by atoms with Crippen LogP contribution in [0.15, 0.2) is 35.5 Å². The lowest BCUT2D eigenvalue weighted by atomic mass is 10.2.